The lowest BCUT2D eigenvalue weighted by molar-refractivity contribution is 0.538. The third-order valence-electron chi connectivity index (χ3n) is 4.29. The van der Waals surface area contributed by atoms with Crippen LogP contribution in [0.15, 0.2) is 11.0 Å². The summed E-state index contributed by atoms with van der Waals surface area (Å²) in [6, 6.07) is 2.05. The second-order valence-electron chi connectivity index (χ2n) is 5.80. The molecule has 2 N–H and O–H groups in total. The second kappa shape index (κ2) is 5.84. The van der Waals surface area contributed by atoms with Crippen LogP contribution in [-0.4, -0.2) is 28.1 Å². The second-order valence-corrected chi connectivity index (χ2v) is 7.50. The van der Waals surface area contributed by atoms with Gasteiger partial charge in [-0.2, -0.15) is 0 Å². The zero-order valence-electron chi connectivity index (χ0n) is 12.7. The number of rotatable bonds is 4. The van der Waals surface area contributed by atoms with Crippen molar-refractivity contribution in [1.29, 1.82) is 0 Å². The largest absolute Gasteiger partial charge is 0.316 e. The predicted molar refractivity (Wildman–Crippen MR) is 81.6 cm³/mol. The maximum atomic E-state index is 12.6. The summed E-state index contributed by atoms with van der Waals surface area (Å²) in [6.07, 6.45) is 1.04. The Balaban J connectivity index is 2.29. The van der Waals surface area contributed by atoms with Gasteiger partial charge in [-0.15, -0.1) is 0 Å². The van der Waals surface area contributed by atoms with Crippen molar-refractivity contribution < 1.29 is 8.42 Å². The molecule has 20 heavy (non-hydrogen) atoms. The van der Waals surface area contributed by atoms with Crippen LogP contribution in [0.4, 0.5) is 0 Å². The monoisotopic (exact) mass is 296 g/mol. The Labute approximate surface area is 122 Å². The first-order chi connectivity index (χ1) is 9.33. The van der Waals surface area contributed by atoms with Crippen LogP contribution in [0.2, 0.25) is 0 Å². The molecule has 0 aromatic heterocycles. The Kier molecular flexibility index (Phi) is 4.52. The van der Waals surface area contributed by atoms with E-state index in [0.717, 1.165) is 41.8 Å². The molecule has 0 spiro atoms. The first kappa shape index (κ1) is 15.5. The van der Waals surface area contributed by atoms with Crippen LogP contribution in [0.3, 0.4) is 0 Å². The van der Waals surface area contributed by atoms with Gasteiger partial charge in [0, 0.05) is 6.54 Å². The number of hydrogen-bond acceptors (Lipinski definition) is 3. The van der Waals surface area contributed by atoms with Gasteiger partial charge in [0.1, 0.15) is 0 Å². The van der Waals surface area contributed by atoms with Crippen LogP contribution >= 0.6 is 0 Å². The minimum Gasteiger partial charge on any atom is -0.316 e. The molecule has 1 aliphatic heterocycles. The van der Waals surface area contributed by atoms with Crippen molar-refractivity contribution in [3.05, 3.63) is 28.3 Å². The molecular weight excluding hydrogens is 272 g/mol. The Hall–Kier alpha value is -0.910. The van der Waals surface area contributed by atoms with Gasteiger partial charge >= 0.3 is 0 Å². The molecule has 1 saturated heterocycles. The van der Waals surface area contributed by atoms with Crippen LogP contribution < -0.4 is 10.0 Å². The predicted octanol–water partition coefficient (Wildman–Crippen LogP) is 1.81. The van der Waals surface area contributed by atoms with Crippen molar-refractivity contribution in [2.24, 2.45) is 5.92 Å². The first-order valence-corrected chi connectivity index (χ1v) is 8.59. The molecule has 1 aromatic carbocycles. The molecule has 1 aromatic rings. The molecule has 4 nitrogen and oxygen atoms in total. The fraction of sp³-hybridized carbons (Fsp3) is 0.600. The summed E-state index contributed by atoms with van der Waals surface area (Å²) in [7, 11) is -3.43. The number of hydrogen-bond donors (Lipinski definition) is 2. The van der Waals surface area contributed by atoms with Crippen molar-refractivity contribution in [3.63, 3.8) is 0 Å². The summed E-state index contributed by atoms with van der Waals surface area (Å²) in [5.41, 5.74) is 3.75. The quantitative estimate of drug-likeness (QED) is 0.891. The van der Waals surface area contributed by atoms with Crippen molar-refractivity contribution in [1.82, 2.24) is 10.0 Å². The van der Waals surface area contributed by atoms with E-state index < -0.39 is 10.0 Å². The molecule has 1 atom stereocenters. The third kappa shape index (κ3) is 3.05. The number of nitrogens with one attached hydrogen (secondary N) is 2. The van der Waals surface area contributed by atoms with Gasteiger partial charge in [-0.1, -0.05) is 6.07 Å². The van der Waals surface area contributed by atoms with Gasteiger partial charge in [0.05, 0.1) is 4.90 Å². The van der Waals surface area contributed by atoms with Crippen LogP contribution in [0, 0.1) is 33.6 Å². The van der Waals surface area contributed by atoms with Gasteiger partial charge in [0.25, 0.3) is 0 Å². The molecule has 2 rings (SSSR count). The van der Waals surface area contributed by atoms with Gasteiger partial charge in [-0.05, 0) is 75.4 Å². The zero-order chi connectivity index (χ0) is 14.9. The molecule has 0 radical (unpaired) electrons. The Morgan fingerprint density at radius 2 is 1.80 bits per heavy atom. The number of benzene rings is 1. The van der Waals surface area contributed by atoms with Crippen LogP contribution in [-0.2, 0) is 10.0 Å². The fourth-order valence-corrected chi connectivity index (χ4v) is 4.50. The van der Waals surface area contributed by atoms with Crippen LogP contribution in [0.5, 0.6) is 0 Å². The van der Waals surface area contributed by atoms with Crippen LogP contribution in [0.1, 0.15) is 28.7 Å². The van der Waals surface area contributed by atoms with Gasteiger partial charge in [0.15, 0.2) is 0 Å². The van der Waals surface area contributed by atoms with E-state index in [-0.39, 0.29) is 0 Å². The smallest absolute Gasteiger partial charge is 0.241 e. The number of sulfonamides is 1. The van der Waals surface area contributed by atoms with E-state index in [4.69, 9.17) is 0 Å². The summed E-state index contributed by atoms with van der Waals surface area (Å²) >= 11 is 0. The third-order valence-corrected chi connectivity index (χ3v) is 5.99. The minimum atomic E-state index is -3.43. The highest BCUT2D eigenvalue weighted by Gasteiger charge is 2.24. The van der Waals surface area contributed by atoms with Gasteiger partial charge in [0.2, 0.25) is 10.0 Å². The van der Waals surface area contributed by atoms with Crippen molar-refractivity contribution in [3.8, 4) is 0 Å². The SMILES string of the molecule is Cc1cc(C)c(C)c(S(=O)(=O)NCC2CCNC2)c1C. The summed E-state index contributed by atoms with van der Waals surface area (Å²) in [6.45, 7) is 10.1. The van der Waals surface area contributed by atoms with E-state index in [1.807, 2.05) is 33.8 Å². The number of aryl methyl sites for hydroxylation is 2. The van der Waals surface area contributed by atoms with E-state index in [9.17, 15) is 8.42 Å². The first-order valence-electron chi connectivity index (χ1n) is 7.10. The molecule has 1 aliphatic rings. The molecule has 0 amide bonds. The maximum absolute atomic E-state index is 12.6. The minimum absolute atomic E-state index is 0.399. The van der Waals surface area contributed by atoms with Crippen molar-refractivity contribution >= 4 is 10.0 Å². The average molecular weight is 296 g/mol. The highest BCUT2D eigenvalue weighted by molar-refractivity contribution is 7.89. The summed E-state index contributed by atoms with van der Waals surface area (Å²) in [4.78, 5) is 0.459. The summed E-state index contributed by atoms with van der Waals surface area (Å²) in [5.74, 6) is 0.399. The molecule has 0 bridgehead atoms. The average Bonchev–Trinajstić information content (AvgIpc) is 2.87. The molecule has 0 saturated carbocycles. The Morgan fingerprint density at radius 1 is 1.20 bits per heavy atom. The van der Waals surface area contributed by atoms with E-state index in [1.165, 1.54) is 0 Å². The standard InChI is InChI=1S/C15H24N2O2S/c1-10-7-11(2)13(4)15(12(10)3)20(18,19)17-9-14-5-6-16-8-14/h7,14,16-17H,5-6,8-9H2,1-4H3. The molecule has 1 fully saturated rings. The molecule has 112 valence electrons. The zero-order valence-corrected chi connectivity index (χ0v) is 13.5. The van der Waals surface area contributed by atoms with Gasteiger partial charge in [-0.3, -0.25) is 0 Å². The van der Waals surface area contributed by atoms with E-state index in [2.05, 4.69) is 10.0 Å². The van der Waals surface area contributed by atoms with E-state index in [1.54, 1.807) is 0 Å². The molecule has 5 heteroatoms. The lowest BCUT2D eigenvalue weighted by Gasteiger charge is -2.17. The molecular formula is C15H24N2O2S. The lowest BCUT2D eigenvalue weighted by atomic mass is 10.0. The lowest BCUT2D eigenvalue weighted by Crippen LogP contribution is -2.31. The molecule has 1 unspecified atom stereocenters. The molecule has 1 heterocycles. The van der Waals surface area contributed by atoms with Crippen molar-refractivity contribution in [2.75, 3.05) is 19.6 Å². The van der Waals surface area contributed by atoms with Gasteiger partial charge in [-0.25, -0.2) is 13.1 Å². The van der Waals surface area contributed by atoms with Crippen molar-refractivity contribution in [2.45, 2.75) is 39.0 Å². The highest BCUT2D eigenvalue weighted by Crippen LogP contribution is 2.26. The Morgan fingerprint density at radius 3 is 2.30 bits per heavy atom. The maximum Gasteiger partial charge on any atom is 0.241 e. The Bertz CT molecular complexity index is 577. The summed E-state index contributed by atoms with van der Waals surface area (Å²) < 4.78 is 28.0. The molecule has 0 aliphatic carbocycles. The normalized spacial score (nSPS) is 19.5. The topological polar surface area (TPSA) is 58.2 Å². The van der Waals surface area contributed by atoms with E-state index in [0.29, 0.717) is 17.4 Å². The highest BCUT2D eigenvalue weighted by atomic mass is 32.2. The summed E-state index contributed by atoms with van der Waals surface area (Å²) in [5, 5.41) is 3.25. The van der Waals surface area contributed by atoms with E-state index >= 15 is 0 Å². The van der Waals surface area contributed by atoms with Crippen LogP contribution in [0.25, 0.3) is 0 Å². The fourth-order valence-electron chi connectivity index (χ4n) is 2.77. The van der Waals surface area contributed by atoms with Gasteiger partial charge < -0.3 is 5.32 Å².